The lowest BCUT2D eigenvalue weighted by Crippen LogP contribution is -2.39. The third kappa shape index (κ3) is 3.90. The Labute approximate surface area is 94.6 Å². The Balaban J connectivity index is 2.47. The van der Waals surface area contributed by atoms with Crippen LogP contribution in [0, 0.1) is 0 Å². The minimum Gasteiger partial charge on any atom is -0.351 e. The van der Waals surface area contributed by atoms with E-state index in [0.717, 1.165) is 5.56 Å². The molecule has 1 aromatic rings. The van der Waals surface area contributed by atoms with Crippen molar-refractivity contribution in [3.63, 3.8) is 0 Å². The van der Waals surface area contributed by atoms with Crippen LogP contribution in [-0.4, -0.2) is 11.9 Å². The first-order chi connectivity index (χ1) is 7.13. The summed E-state index contributed by atoms with van der Waals surface area (Å²) >= 11 is 5.81. The van der Waals surface area contributed by atoms with Crippen LogP contribution in [0.2, 0.25) is 5.02 Å². The standard InChI is InChI=1S/C11H15ClN2O/c1-2-10(13)11(15)14-7-8-4-3-5-9(12)6-8/h3-6,10H,2,7,13H2,1H3,(H,14,15). The molecule has 1 unspecified atom stereocenters. The molecule has 0 heterocycles. The predicted octanol–water partition coefficient (Wildman–Crippen LogP) is 1.69. The number of benzene rings is 1. The topological polar surface area (TPSA) is 55.1 Å². The van der Waals surface area contributed by atoms with E-state index in [9.17, 15) is 4.79 Å². The maximum atomic E-state index is 11.4. The maximum absolute atomic E-state index is 11.4. The van der Waals surface area contributed by atoms with E-state index in [0.29, 0.717) is 18.0 Å². The van der Waals surface area contributed by atoms with Gasteiger partial charge in [0, 0.05) is 11.6 Å². The number of hydrogen-bond acceptors (Lipinski definition) is 2. The molecule has 1 aromatic carbocycles. The molecule has 0 aromatic heterocycles. The van der Waals surface area contributed by atoms with Crippen molar-refractivity contribution in [1.29, 1.82) is 0 Å². The van der Waals surface area contributed by atoms with Gasteiger partial charge in [-0.2, -0.15) is 0 Å². The van der Waals surface area contributed by atoms with Gasteiger partial charge in [0.15, 0.2) is 0 Å². The third-order valence-electron chi connectivity index (χ3n) is 2.13. The molecule has 0 aliphatic carbocycles. The Morgan fingerprint density at radius 3 is 2.93 bits per heavy atom. The molecular formula is C11H15ClN2O. The van der Waals surface area contributed by atoms with Crippen molar-refractivity contribution in [1.82, 2.24) is 5.32 Å². The van der Waals surface area contributed by atoms with Crippen LogP contribution >= 0.6 is 11.6 Å². The van der Waals surface area contributed by atoms with E-state index in [1.807, 2.05) is 25.1 Å². The Morgan fingerprint density at radius 2 is 2.33 bits per heavy atom. The zero-order valence-corrected chi connectivity index (χ0v) is 9.42. The van der Waals surface area contributed by atoms with Gasteiger partial charge in [0.2, 0.25) is 5.91 Å². The molecule has 3 nitrogen and oxygen atoms in total. The van der Waals surface area contributed by atoms with E-state index < -0.39 is 6.04 Å². The number of halogens is 1. The van der Waals surface area contributed by atoms with E-state index in [1.54, 1.807) is 6.07 Å². The van der Waals surface area contributed by atoms with Crippen LogP contribution in [0.1, 0.15) is 18.9 Å². The second-order valence-corrected chi connectivity index (χ2v) is 3.80. The van der Waals surface area contributed by atoms with Crippen molar-refractivity contribution in [3.05, 3.63) is 34.9 Å². The zero-order valence-electron chi connectivity index (χ0n) is 8.66. The number of rotatable bonds is 4. The molecule has 1 rings (SSSR count). The van der Waals surface area contributed by atoms with E-state index in [-0.39, 0.29) is 5.91 Å². The fraction of sp³-hybridized carbons (Fsp3) is 0.364. The fourth-order valence-electron chi connectivity index (χ4n) is 1.15. The van der Waals surface area contributed by atoms with Gasteiger partial charge in [-0.1, -0.05) is 30.7 Å². The lowest BCUT2D eigenvalue weighted by molar-refractivity contribution is -0.122. The Kier molecular flexibility index (Phi) is 4.59. The Morgan fingerprint density at radius 1 is 1.60 bits per heavy atom. The minimum absolute atomic E-state index is 0.127. The van der Waals surface area contributed by atoms with Crippen LogP contribution in [0.15, 0.2) is 24.3 Å². The molecular weight excluding hydrogens is 212 g/mol. The van der Waals surface area contributed by atoms with Crippen molar-refractivity contribution in [3.8, 4) is 0 Å². The predicted molar refractivity (Wildman–Crippen MR) is 61.6 cm³/mol. The van der Waals surface area contributed by atoms with Crippen LogP contribution in [0.25, 0.3) is 0 Å². The van der Waals surface area contributed by atoms with Gasteiger partial charge < -0.3 is 11.1 Å². The first kappa shape index (κ1) is 12.0. The van der Waals surface area contributed by atoms with Gasteiger partial charge in [-0.15, -0.1) is 0 Å². The highest BCUT2D eigenvalue weighted by Crippen LogP contribution is 2.10. The van der Waals surface area contributed by atoms with Crippen molar-refractivity contribution in [2.75, 3.05) is 0 Å². The summed E-state index contributed by atoms with van der Waals surface area (Å²) in [7, 11) is 0. The normalized spacial score (nSPS) is 12.2. The molecule has 0 saturated carbocycles. The van der Waals surface area contributed by atoms with Crippen molar-refractivity contribution >= 4 is 17.5 Å². The van der Waals surface area contributed by atoms with Crippen LogP contribution in [0.4, 0.5) is 0 Å². The summed E-state index contributed by atoms with van der Waals surface area (Å²) < 4.78 is 0. The number of nitrogens with two attached hydrogens (primary N) is 1. The van der Waals surface area contributed by atoms with Gasteiger partial charge in [-0.3, -0.25) is 4.79 Å². The summed E-state index contributed by atoms with van der Waals surface area (Å²) in [5.41, 5.74) is 6.54. The highest BCUT2D eigenvalue weighted by atomic mass is 35.5. The molecule has 1 atom stereocenters. The quantitative estimate of drug-likeness (QED) is 0.821. The van der Waals surface area contributed by atoms with Crippen LogP contribution < -0.4 is 11.1 Å². The first-order valence-electron chi connectivity index (χ1n) is 4.91. The highest BCUT2D eigenvalue weighted by molar-refractivity contribution is 6.30. The number of nitrogens with one attached hydrogen (secondary N) is 1. The molecule has 4 heteroatoms. The van der Waals surface area contributed by atoms with Crippen LogP contribution in [0.3, 0.4) is 0 Å². The lowest BCUT2D eigenvalue weighted by atomic mass is 10.2. The van der Waals surface area contributed by atoms with Crippen molar-refractivity contribution < 1.29 is 4.79 Å². The Bertz CT molecular complexity index is 341. The summed E-state index contributed by atoms with van der Waals surface area (Å²) in [5.74, 6) is -0.127. The number of carbonyl (C=O) groups excluding carboxylic acids is 1. The molecule has 0 bridgehead atoms. The molecule has 3 N–H and O–H groups in total. The second-order valence-electron chi connectivity index (χ2n) is 3.36. The summed E-state index contributed by atoms with van der Waals surface area (Å²) in [4.78, 5) is 11.4. The Hall–Kier alpha value is -1.06. The fourth-order valence-corrected chi connectivity index (χ4v) is 1.37. The summed E-state index contributed by atoms with van der Waals surface area (Å²) in [6.07, 6.45) is 0.640. The first-order valence-corrected chi connectivity index (χ1v) is 5.29. The minimum atomic E-state index is -0.427. The number of amides is 1. The smallest absolute Gasteiger partial charge is 0.237 e. The molecule has 15 heavy (non-hydrogen) atoms. The number of hydrogen-bond donors (Lipinski definition) is 2. The third-order valence-corrected chi connectivity index (χ3v) is 2.37. The van der Waals surface area contributed by atoms with Crippen LogP contribution in [-0.2, 0) is 11.3 Å². The van der Waals surface area contributed by atoms with E-state index in [2.05, 4.69) is 5.32 Å². The van der Waals surface area contributed by atoms with E-state index in [4.69, 9.17) is 17.3 Å². The SMILES string of the molecule is CCC(N)C(=O)NCc1cccc(Cl)c1. The maximum Gasteiger partial charge on any atom is 0.237 e. The average molecular weight is 227 g/mol. The van der Waals surface area contributed by atoms with Crippen LogP contribution in [0.5, 0.6) is 0 Å². The van der Waals surface area contributed by atoms with E-state index in [1.165, 1.54) is 0 Å². The van der Waals surface area contributed by atoms with Gasteiger partial charge in [-0.05, 0) is 24.1 Å². The van der Waals surface area contributed by atoms with Crippen molar-refractivity contribution in [2.45, 2.75) is 25.9 Å². The molecule has 82 valence electrons. The zero-order chi connectivity index (χ0) is 11.3. The molecule has 1 amide bonds. The molecule has 0 fully saturated rings. The van der Waals surface area contributed by atoms with Gasteiger partial charge >= 0.3 is 0 Å². The summed E-state index contributed by atoms with van der Waals surface area (Å²) in [6.45, 7) is 2.34. The van der Waals surface area contributed by atoms with Gasteiger partial charge in [0.25, 0.3) is 0 Å². The average Bonchev–Trinajstić information content (AvgIpc) is 2.25. The van der Waals surface area contributed by atoms with Gasteiger partial charge in [0.05, 0.1) is 6.04 Å². The van der Waals surface area contributed by atoms with Gasteiger partial charge in [0.1, 0.15) is 0 Å². The molecule has 0 saturated heterocycles. The number of carbonyl (C=O) groups is 1. The monoisotopic (exact) mass is 226 g/mol. The molecule has 0 radical (unpaired) electrons. The second kappa shape index (κ2) is 5.73. The highest BCUT2D eigenvalue weighted by Gasteiger charge is 2.09. The molecule has 0 aliphatic rings. The molecule has 0 aliphatic heterocycles. The summed E-state index contributed by atoms with van der Waals surface area (Å²) in [6, 6.07) is 6.95. The largest absolute Gasteiger partial charge is 0.351 e. The molecule has 0 spiro atoms. The lowest BCUT2D eigenvalue weighted by Gasteiger charge is -2.09. The summed E-state index contributed by atoms with van der Waals surface area (Å²) in [5, 5.41) is 3.42. The van der Waals surface area contributed by atoms with Crippen molar-refractivity contribution in [2.24, 2.45) is 5.73 Å². The van der Waals surface area contributed by atoms with E-state index >= 15 is 0 Å². The van der Waals surface area contributed by atoms with Gasteiger partial charge in [-0.25, -0.2) is 0 Å².